The predicted octanol–water partition coefficient (Wildman–Crippen LogP) is 0.908. The van der Waals surface area contributed by atoms with E-state index in [1.807, 2.05) is 10.3 Å². The van der Waals surface area contributed by atoms with Gasteiger partial charge in [-0.2, -0.15) is 0 Å². The van der Waals surface area contributed by atoms with Crippen molar-refractivity contribution in [1.29, 1.82) is 0 Å². The van der Waals surface area contributed by atoms with E-state index >= 15 is 0 Å². The molecule has 2 heterocycles. The van der Waals surface area contributed by atoms with Crippen LogP contribution in [0.25, 0.3) is 0 Å². The summed E-state index contributed by atoms with van der Waals surface area (Å²) in [5, 5.41) is 11.9. The molecule has 1 atom stereocenters. The molecule has 106 valence electrons. The number of nitrogens with two attached hydrogens (primary N) is 1. The number of hydrogen-bond acceptors (Lipinski definition) is 5. The molecule has 1 aromatic heterocycles. The van der Waals surface area contributed by atoms with Crippen LogP contribution in [0.15, 0.2) is 5.38 Å². The fourth-order valence-electron chi connectivity index (χ4n) is 2.56. The van der Waals surface area contributed by atoms with Crippen LogP contribution in [0.3, 0.4) is 0 Å². The van der Waals surface area contributed by atoms with E-state index in [-0.39, 0.29) is 18.6 Å². The van der Waals surface area contributed by atoms with Crippen molar-refractivity contribution in [3.63, 3.8) is 0 Å². The molecule has 1 aliphatic heterocycles. The Labute approximate surface area is 117 Å². The Morgan fingerprint density at radius 3 is 3.11 bits per heavy atom. The van der Waals surface area contributed by atoms with E-state index in [1.165, 1.54) is 11.3 Å². The van der Waals surface area contributed by atoms with Gasteiger partial charge in [-0.1, -0.05) is 0 Å². The Balaban J connectivity index is 1.96. The highest BCUT2D eigenvalue weighted by Gasteiger charge is 2.26. The molecule has 0 aromatic carbocycles. The number of aliphatic hydroxyl groups is 1. The Hall–Kier alpha value is -0.980. The van der Waals surface area contributed by atoms with Crippen LogP contribution < -0.4 is 5.73 Å². The van der Waals surface area contributed by atoms with E-state index in [1.54, 1.807) is 0 Å². The zero-order valence-electron chi connectivity index (χ0n) is 11.0. The third-order valence-corrected chi connectivity index (χ3v) is 4.44. The zero-order chi connectivity index (χ0) is 13.7. The average molecular weight is 283 g/mol. The molecular formula is C13H21N3O2S. The maximum Gasteiger partial charge on any atom is 0.228 e. The number of rotatable bonds is 5. The third kappa shape index (κ3) is 3.75. The molecule has 1 amide bonds. The Bertz CT molecular complexity index is 420. The monoisotopic (exact) mass is 283 g/mol. The molecule has 1 aromatic rings. The average Bonchev–Trinajstić information content (AvgIpc) is 2.87. The van der Waals surface area contributed by atoms with Crippen molar-refractivity contribution in [2.75, 3.05) is 13.2 Å². The van der Waals surface area contributed by atoms with Crippen LogP contribution >= 0.6 is 11.3 Å². The topological polar surface area (TPSA) is 79.5 Å². The van der Waals surface area contributed by atoms with Gasteiger partial charge in [-0.05, 0) is 25.7 Å². The first kappa shape index (κ1) is 14.4. The molecule has 1 fully saturated rings. The molecule has 0 radical (unpaired) electrons. The summed E-state index contributed by atoms with van der Waals surface area (Å²) >= 11 is 1.50. The molecule has 19 heavy (non-hydrogen) atoms. The van der Waals surface area contributed by atoms with Crippen molar-refractivity contribution in [2.24, 2.45) is 5.73 Å². The summed E-state index contributed by atoms with van der Waals surface area (Å²) in [5.41, 5.74) is 6.33. The summed E-state index contributed by atoms with van der Waals surface area (Å²) in [4.78, 5) is 18.6. The van der Waals surface area contributed by atoms with Gasteiger partial charge in [0, 0.05) is 31.1 Å². The number of thiazole rings is 1. The minimum Gasteiger partial charge on any atom is -0.396 e. The van der Waals surface area contributed by atoms with Gasteiger partial charge in [0.1, 0.15) is 5.01 Å². The summed E-state index contributed by atoms with van der Waals surface area (Å²) < 4.78 is 0. The first-order valence-electron chi connectivity index (χ1n) is 6.78. The molecule has 0 spiro atoms. The highest BCUT2D eigenvalue weighted by atomic mass is 32.1. The standard InChI is InChI=1S/C13H21N3O2S/c14-8-12-15-10(9-19-12)7-13(18)16-5-2-1-3-11(16)4-6-17/h9,11,17H,1-8,14H2. The molecule has 5 nitrogen and oxygen atoms in total. The first-order valence-corrected chi connectivity index (χ1v) is 7.66. The molecule has 3 N–H and O–H groups in total. The van der Waals surface area contributed by atoms with Crippen LogP contribution in [0.2, 0.25) is 0 Å². The Morgan fingerprint density at radius 1 is 1.58 bits per heavy atom. The number of amides is 1. The second kappa shape index (κ2) is 6.98. The van der Waals surface area contributed by atoms with Crippen LogP contribution in [0.1, 0.15) is 36.4 Å². The van der Waals surface area contributed by atoms with Gasteiger partial charge >= 0.3 is 0 Å². The van der Waals surface area contributed by atoms with Crippen molar-refractivity contribution in [3.8, 4) is 0 Å². The Kier molecular flexibility index (Phi) is 5.30. The van der Waals surface area contributed by atoms with Crippen LogP contribution in [-0.4, -0.2) is 40.1 Å². The molecule has 1 saturated heterocycles. The smallest absolute Gasteiger partial charge is 0.228 e. The molecule has 2 rings (SSSR count). The summed E-state index contributed by atoms with van der Waals surface area (Å²) in [6, 6.07) is 0.193. The van der Waals surface area contributed by atoms with Gasteiger partial charge in [0.15, 0.2) is 0 Å². The Morgan fingerprint density at radius 2 is 2.42 bits per heavy atom. The summed E-state index contributed by atoms with van der Waals surface area (Å²) in [6.45, 7) is 1.37. The van der Waals surface area contributed by atoms with E-state index in [4.69, 9.17) is 10.8 Å². The van der Waals surface area contributed by atoms with Gasteiger partial charge in [-0.15, -0.1) is 11.3 Å². The summed E-state index contributed by atoms with van der Waals surface area (Å²) in [5.74, 6) is 0.118. The maximum absolute atomic E-state index is 12.3. The molecule has 0 saturated carbocycles. The third-order valence-electron chi connectivity index (χ3n) is 3.52. The van der Waals surface area contributed by atoms with Gasteiger partial charge in [0.05, 0.1) is 12.1 Å². The predicted molar refractivity (Wildman–Crippen MR) is 74.8 cm³/mol. The van der Waals surface area contributed by atoms with Crippen molar-refractivity contribution >= 4 is 17.2 Å². The van der Waals surface area contributed by atoms with E-state index in [9.17, 15) is 4.79 Å². The number of piperidine rings is 1. The molecule has 6 heteroatoms. The fourth-order valence-corrected chi connectivity index (χ4v) is 3.23. The minimum atomic E-state index is 0.118. The summed E-state index contributed by atoms with van der Waals surface area (Å²) in [6.07, 6.45) is 4.22. The summed E-state index contributed by atoms with van der Waals surface area (Å²) in [7, 11) is 0. The number of carbonyl (C=O) groups is 1. The second-order valence-electron chi connectivity index (χ2n) is 4.86. The van der Waals surface area contributed by atoms with Crippen molar-refractivity contribution in [1.82, 2.24) is 9.88 Å². The largest absolute Gasteiger partial charge is 0.396 e. The zero-order valence-corrected chi connectivity index (χ0v) is 11.9. The normalized spacial score (nSPS) is 19.7. The van der Waals surface area contributed by atoms with Crippen molar-refractivity contribution in [3.05, 3.63) is 16.1 Å². The number of aromatic nitrogens is 1. The van der Waals surface area contributed by atoms with Crippen LogP contribution in [0.5, 0.6) is 0 Å². The molecule has 1 aliphatic rings. The SMILES string of the molecule is NCc1nc(CC(=O)N2CCCCC2CCO)cs1. The lowest BCUT2D eigenvalue weighted by Crippen LogP contribution is -2.44. The van der Waals surface area contributed by atoms with E-state index in [2.05, 4.69) is 4.98 Å². The fraction of sp³-hybridized carbons (Fsp3) is 0.692. The maximum atomic E-state index is 12.3. The highest BCUT2D eigenvalue weighted by molar-refractivity contribution is 7.09. The van der Waals surface area contributed by atoms with Gasteiger partial charge in [-0.25, -0.2) is 4.98 Å². The van der Waals surface area contributed by atoms with Crippen LogP contribution in [-0.2, 0) is 17.8 Å². The lowest BCUT2D eigenvalue weighted by atomic mass is 9.99. The first-order chi connectivity index (χ1) is 9.24. The molecule has 0 bridgehead atoms. The van der Waals surface area contributed by atoms with Crippen LogP contribution in [0.4, 0.5) is 0 Å². The van der Waals surface area contributed by atoms with E-state index < -0.39 is 0 Å². The minimum absolute atomic E-state index is 0.118. The van der Waals surface area contributed by atoms with E-state index in [0.29, 0.717) is 19.4 Å². The van der Waals surface area contributed by atoms with Crippen LogP contribution in [0, 0.1) is 0 Å². The second-order valence-corrected chi connectivity index (χ2v) is 5.81. The van der Waals surface area contributed by atoms with Gasteiger partial charge in [-0.3, -0.25) is 4.79 Å². The van der Waals surface area contributed by atoms with Crippen molar-refractivity contribution in [2.45, 2.75) is 44.7 Å². The number of hydrogen-bond donors (Lipinski definition) is 2. The lowest BCUT2D eigenvalue weighted by molar-refractivity contribution is -0.134. The lowest BCUT2D eigenvalue weighted by Gasteiger charge is -2.35. The number of likely N-dealkylation sites (tertiary alicyclic amines) is 1. The molecule has 1 unspecified atom stereocenters. The van der Waals surface area contributed by atoms with Gasteiger partial charge in [0.2, 0.25) is 5.91 Å². The van der Waals surface area contributed by atoms with Crippen molar-refractivity contribution < 1.29 is 9.90 Å². The highest BCUT2D eigenvalue weighted by Crippen LogP contribution is 2.21. The number of aliphatic hydroxyl groups excluding tert-OH is 1. The number of carbonyl (C=O) groups excluding carboxylic acids is 1. The number of nitrogens with zero attached hydrogens (tertiary/aromatic N) is 2. The molecule has 0 aliphatic carbocycles. The van der Waals surface area contributed by atoms with Gasteiger partial charge in [0.25, 0.3) is 0 Å². The molecular weight excluding hydrogens is 262 g/mol. The van der Waals surface area contributed by atoms with E-state index in [0.717, 1.165) is 36.5 Å². The quantitative estimate of drug-likeness (QED) is 0.842. The van der Waals surface area contributed by atoms with Gasteiger partial charge < -0.3 is 15.7 Å².